The van der Waals surface area contributed by atoms with Gasteiger partial charge in [0.25, 0.3) is 0 Å². The van der Waals surface area contributed by atoms with Gasteiger partial charge >= 0.3 is 0 Å². The van der Waals surface area contributed by atoms with Crippen molar-refractivity contribution in [1.29, 1.82) is 0 Å². The zero-order chi connectivity index (χ0) is 18.6. The van der Waals surface area contributed by atoms with E-state index in [9.17, 15) is 0 Å². The highest BCUT2D eigenvalue weighted by Crippen LogP contribution is 2.36. The lowest BCUT2D eigenvalue weighted by molar-refractivity contribution is 0.0918. The van der Waals surface area contributed by atoms with Crippen molar-refractivity contribution in [1.82, 2.24) is 14.7 Å². The van der Waals surface area contributed by atoms with Crippen molar-refractivity contribution in [2.45, 2.75) is 50.9 Å². The van der Waals surface area contributed by atoms with Crippen LogP contribution >= 0.6 is 0 Å². The number of piperidine rings is 1. The quantitative estimate of drug-likeness (QED) is 0.765. The molecule has 4 heteroatoms. The number of hydrogen-bond donors (Lipinski definition) is 0. The molecule has 1 aromatic heterocycles. The Labute approximate surface area is 163 Å². The zero-order valence-electron chi connectivity index (χ0n) is 16.8. The summed E-state index contributed by atoms with van der Waals surface area (Å²) in [6.07, 6.45) is 6.96. The standard InChI is InChI=1S/C23H33N3O/c1-24(2)17-19-7-9-20(10-8-19)23-6-3-13-26(23)21-11-14-25(15-12-21)18-22-5-4-16-27-22/h4-5,7-10,16,21,23H,3,6,11-15,17-18H2,1-2H3. The van der Waals surface area contributed by atoms with Gasteiger partial charge in [-0.3, -0.25) is 9.80 Å². The maximum Gasteiger partial charge on any atom is 0.117 e. The van der Waals surface area contributed by atoms with Crippen molar-refractivity contribution in [3.05, 3.63) is 59.5 Å². The van der Waals surface area contributed by atoms with Gasteiger partial charge in [-0.05, 0) is 69.6 Å². The van der Waals surface area contributed by atoms with Crippen molar-refractivity contribution in [3.63, 3.8) is 0 Å². The van der Waals surface area contributed by atoms with E-state index >= 15 is 0 Å². The smallest absolute Gasteiger partial charge is 0.117 e. The van der Waals surface area contributed by atoms with E-state index in [0.717, 1.165) is 24.9 Å². The Kier molecular flexibility index (Phi) is 5.96. The fourth-order valence-electron chi connectivity index (χ4n) is 4.83. The molecule has 0 radical (unpaired) electrons. The molecule has 1 unspecified atom stereocenters. The number of benzene rings is 1. The van der Waals surface area contributed by atoms with Gasteiger partial charge in [0, 0.05) is 31.7 Å². The van der Waals surface area contributed by atoms with Crippen molar-refractivity contribution < 1.29 is 4.42 Å². The Morgan fingerprint density at radius 3 is 2.44 bits per heavy atom. The summed E-state index contributed by atoms with van der Waals surface area (Å²) in [6, 6.07) is 14.8. The van der Waals surface area contributed by atoms with Gasteiger partial charge in [0.05, 0.1) is 12.8 Å². The summed E-state index contributed by atoms with van der Waals surface area (Å²) in [4.78, 5) is 7.56. The van der Waals surface area contributed by atoms with Crippen molar-refractivity contribution in [3.8, 4) is 0 Å². The molecule has 2 saturated heterocycles. The highest BCUT2D eigenvalue weighted by molar-refractivity contribution is 5.26. The van der Waals surface area contributed by atoms with E-state index in [0.29, 0.717) is 6.04 Å². The molecule has 3 heterocycles. The van der Waals surface area contributed by atoms with Crippen LogP contribution in [0.5, 0.6) is 0 Å². The number of rotatable bonds is 6. The summed E-state index contributed by atoms with van der Waals surface area (Å²) in [5.74, 6) is 1.09. The fraction of sp³-hybridized carbons (Fsp3) is 0.565. The third kappa shape index (κ3) is 4.63. The topological polar surface area (TPSA) is 22.9 Å². The van der Waals surface area contributed by atoms with E-state index in [4.69, 9.17) is 4.42 Å². The van der Waals surface area contributed by atoms with Gasteiger partial charge in [-0.2, -0.15) is 0 Å². The van der Waals surface area contributed by atoms with Gasteiger partial charge < -0.3 is 9.32 Å². The van der Waals surface area contributed by atoms with Crippen LogP contribution in [0.1, 0.15) is 48.6 Å². The molecule has 2 aliphatic heterocycles. The van der Waals surface area contributed by atoms with Gasteiger partial charge in [0.15, 0.2) is 0 Å². The number of furan rings is 1. The second-order valence-corrected chi connectivity index (χ2v) is 8.46. The average molecular weight is 368 g/mol. The average Bonchev–Trinajstić information content (AvgIpc) is 3.34. The van der Waals surface area contributed by atoms with Crippen LogP contribution in [0.3, 0.4) is 0 Å². The predicted molar refractivity (Wildman–Crippen MR) is 110 cm³/mol. The lowest BCUT2D eigenvalue weighted by Gasteiger charge is -2.39. The third-order valence-electron chi connectivity index (χ3n) is 6.14. The molecule has 2 aliphatic rings. The van der Waals surface area contributed by atoms with E-state index in [1.807, 2.05) is 6.07 Å². The SMILES string of the molecule is CN(C)Cc1ccc(C2CCCN2C2CCN(Cc3ccco3)CC2)cc1. The Morgan fingerprint density at radius 1 is 1.00 bits per heavy atom. The second kappa shape index (κ2) is 8.59. The van der Waals surface area contributed by atoms with Gasteiger partial charge in [-0.25, -0.2) is 0 Å². The normalized spacial score (nSPS) is 22.7. The van der Waals surface area contributed by atoms with Gasteiger partial charge in [0.2, 0.25) is 0 Å². The molecule has 0 saturated carbocycles. The summed E-state index contributed by atoms with van der Waals surface area (Å²) >= 11 is 0. The molecule has 0 N–H and O–H groups in total. The molecule has 1 atom stereocenters. The van der Waals surface area contributed by atoms with Gasteiger partial charge in [0.1, 0.15) is 5.76 Å². The molecular weight excluding hydrogens is 334 g/mol. The predicted octanol–water partition coefficient (Wildman–Crippen LogP) is 4.14. The van der Waals surface area contributed by atoms with Crippen LogP contribution in [0.2, 0.25) is 0 Å². The van der Waals surface area contributed by atoms with Crippen LogP contribution in [0.4, 0.5) is 0 Å². The first kappa shape index (κ1) is 18.7. The minimum Gasteiger partial charge on any atom is -0.468 e. The third-order valence-corrected chi connectivity index (χ3v) is 6.14. The van der Waals surface area contributed by atoms with Crippen molar-refractivity contribution in [2.24, 2.45) is 0 Å². The van der Waals surface area contributed by atoms with E-state index in [1.54, 1.807) is 6.26 Å². The lowest BCUT2D eigenvalue weighted by atomic mass is 9.98. The largest absolute Gasteiger partial charge is 0.468 e. The fourth-order valence-corrected chi connectivity index (χ4v) is 4.83. The van der Waals surface area contributed by atoms with Crippen molar-refractivity contribution >= 4 is 0 Å². The molecule has 27 heavy (non-hydrogen) atoms. The van der Waals surface area contributed by atoms with Crippen LogP contribution < -0.4 is 0 Å². The molecule has 4 rings (SSSR count). The first-order chi connectivity index (χ1) is 13.2. The number of likely N-dealkylation sites (tertiary alicyclic amines) is 2. The summed E-state index contributed by atoms with van der Waals surface area (Å²) in [6.45, 7) is 5.58. The summed E-state index contributed by atoms with van der Waals surface area (Å²) < 4.78 is 5.52. The molecule has 4 nitrogen and oxygen atoms in total. The van der Waals surface area contributed by atoms with E-state index < -0.39 is 0 Å². The van der Waals surface area contributed by atoms with Gasteiger partial charge in [-0.1, -0.05) is 24.3 Å². The monoisotopic (exact) mass is 367 g/mol. The summed E-state index contributed by atoms with van der Waals surface area (Å²) in [5, 5.41) is 0. The molecule has 0 bridgehead atoms. The molecule has 2 fully saturated rings. The zero-order valence-corrected chi connectivity index (χ0v) is 16.8. The first-order valence-electron chi connectivity index (χ1n) is 10.4. The van der Waals surface area contributed by atoms with Crippen LogP contribution in [-0.2, 0) is 13.1 Å². The molecule has 0 amide bonds. The Balaban J connectivity index is 1.34. The van der Waals surface area contributed by atoms with Crippen molar-refractivity contribution in [2.75, 3.05) is 33.7 Å². The van der Waals surface area contributed by atoms with E-state index in [2.05, 4.69) is 59.1 Å². The number of hydrogen-bond acceptors (Lipinski definition) is 4. The molecular formula is C23H33N3O. The van der Waals surface area contributed by atoms with Crippen LogP contribution in [-0.4, -0.2) is 54.5 Å². The molecule has 146 valence electrons. The first-order valence-corrected chi connectivity index (χ1v) is 10.4. The summed E-state index contributed by atoms with van der Waals surface area (Å²) in [7, 11) is 4.26. The summed E-state index contributed by atoms with van der Waals surface area (Å²) in [5.41, 5.74) is 2.91. The molecule has 0 spiro atoms. The maximum absolute atomic E-state index is 5.52. The second-order valence-electron chi connectivity index (χ2n) is 8.46. The van der Waals surface area contributed by atoms with Crippen LogP contribution in [0, 0.1) is 0 Å². The van der Waals surface area contributed by atoms with E-state index in [-0.39, 0.29) is 0 Å². The van der Waals surface area contributed by atoms with Crippen LogP contribution in [0.15, 0.2) is 47.1 Å². The highest BCUT2D eigenvalue weighted by atomic mass is 16.3. The Morgan fingerprint density at radius 2 is 1.78 bits per heavy atom. The maximum atomic E-state index is 5.52. The minimum atomic E-state index is 0.611. The molecule has 2 aromatic rings. The highest BCUT2D eigenvalue weighted by Gasteiger charge is 2.33. The van der Waals surface area contributed by atoms with Crippen LogP contribution in [0.25, 0.3) is 0 Å². The Hall–Kier alpha value is -1.62. The Bertz CT molecular complexity index is 687. The molecule has 0 aliphatic carbocycles. The van der Waals surface area contributed by atoms with E-state index in [1.165, 1.54) is 56.4 Å². The lowest BCUT2D eigenvalue weighted by Crippen LogP contribution is -2.44. The van der Waals surface area contributed by atoms with Gasteiger partial charge in [-0.15, -0.1) is 0 Å². The number of nitrogens with zero attached hydrogens (tertiary/aromatic N) is 3. The minimum absolute atomic E-state index is 0.611. The molecule has 1 aromatic carbocycles.